The number of ether oxygens (including phenoxy) is 1. The lowest BCUT2D eigenvalue weighted by molar-refractivity contribution is -0.145. The Kier molecular flexibility index (Phi) is 23.4. The minimum absolute atomic E-state index is 0.0350. The second-order valence-corrected chi connectivity index (χ2v) is 18.2. The molecule has 0 radical (unpaired) electrons. The van der Waals surface area contributed by atoms with E-state index in [-0.39, 0.29) is 37.9 Å². The van der Waals surface area contributed by atoms with Gasteiger partial charge in [-0.05, 0) is 73.8 Å². The largest absolute Gasteiger partial charge is 0.481 e. The van der Waals surface area contributed by atoms with Crippen LogP contribution in [0.3, 0.4) is 0 Å². The maximum Gasteiger partial charge on any atom is 0.322 e. The molecule has 0 saturated carbocycles. The summed E-state index contributed by atoms with van der Waals surface area (Å²) in [6.07, 6.45) is -1.82. The van der Waals surface area contributed by atoms with Gasteiger partial charge < -0.3 is 62.2 Å². The smallest absolute Gasteiger partial charge is 0.322 e. The number of aliphatic carboxylic acids is 3. The lowest BCUT2D eigenvalue weighted by Crippen LogP contribution is -2.61. The second-order valence-electron chi connectivity index (χ2n) is 18.2. The Morgan fingerprint density at radius 3 is 1.78 bits per heavy atom. The molecule has 10 N–H and O–H groups in total. The first-order valence-electron chi connectivity index (χ1n) is 23.8. The SMILES string of the molecule is CCC[C@H](NC(=O)[C@@H]1C[C@@H](CNC(=O)c2cccc(Oc3ccccc3)c2)CN1C(=O)[C@@H](NC(=O)[C@@H](NC(=O)[C@H](CCC(=O)O)NC(=O)[C@H](CCC(=O)O)NC(C)=O)C(C)C)C(C)C)C(=O)C(=O)NCC(=O)O. The molecule has 2 aromatic carbocycles. The van der Waals surface area contributed by atoms with Crippen molar-refractivity contribution in [2.75, 3.05) is 19.6 Å². The first kappa shape index (κ1) is 59.4. The number of ketones is 1. The fourth-order valence-electron chi connectivity index (χ4n) is 7.77. The number of hydrogen-bond donors (Lipinski definition) is 10. The molecule has 3 rings (SSSR count). The number of carboxylic acid groups (broad SMARTS) is 3. The van der Waals surface area contributed by atoms with Gasteiger partial charge in [-0.25, -0.2) is 0 Å². The third-order valence-corrected chi connectivity index (χ3v) is 11.5. The van der Waals surface area contributed by atoms with Crippen LogP contribution in [0.1, 0.15) is 96.8 Å². The number of Topliss-reactive ketones (excluding diaryl/α,β-unsaturated/α-hetero) is 1. The van der Waals surface area contributed by atoms with Gasteiger partial charge >= 0.3 is 17.9 Å². The van der Waals surface area contributed by atoms with E-state index in [1.165, 1.54) is 11.0 Å². The molecule has 8 amide bonds. The Morgan fingerprint density at radius 2 is 1.22 bits per heavy atom. The van der Waals surface area contributed by atoms with Crippen molar-refractivity contribution in [3.8, 4) is 11.5 Å². The van der Waals surface area contributed by atoms with Crippen LogP contribution >= 0.6 is 0 Å². The third-order valence-electron chi connectivity index (χ3n) is 11.5. The van der Waals surface area contributed by atoms with Gasteiger partial charge in [-0.15, -0.1) is 0 Å². The van der Waals surface area contributed by atoms with Gasteiger partial charge in [0.2, 0.25) is 41.2 Å². The molecule has 7 atom stereocenters. The molecule has 1 aliphatic rings. The highest BCUT2D eigenvalue weighted by molar-refractivity contribution is 6.38. The lowest BCUT2D eigenvalue weighted by Gasteiger charge is -2.33. The van der Waals surface area contributed by atoms with Gasteiger partial charge in [-0.1, -0.05) is 65.3 Å². The van der Waals surface area contributed by atoms with Crippen molar-refractivity contribution < 1.29 is 77.6 Å². The average Bonchev–Trinajstić information content (AvgIpc) is 3.77. The number of likely N-dealkylation sites (tertiary alicyclic amines) is 1. The minimum Gasteiger partial charge on any atom is -0.481 e. The summed E-state index contributed by atoms with van der Waals surface area (Å²) in [6.45, 7) is 8.01. The molecule has 0 aromatic heterocycles. The van der Waals surface area contributed by atoms with Gasteiger partial charge in [0.15, 0.2) is 0 Å². The van der Waals surface area contributed by atoms with E-state index in [4.69, 9.17) is 14.9 Å². The normalized spacial score (nSPS) is 16.1. The van der Waals surface area contributed by atoms with Gasteiger partial charge in [0.25, 0.3) is 11.8 Å². The molecule has 1 saturated heterocycles. The van der Waals surface area contributed by atoms with E-state index >= 15 is 0 Å². The third kappa shape index (κ3) is 19.3. The van der Waals surface area contributed by atoms with Crippen LogP contribution in [0.5, 0.6) is 11.5 Å². The summed E-state index contributed by atoms with van der Waals surface area (Å²) in [5.74, 6) is -13.2. The number of carbonyl (C=O) groups excluding carboxylic acids is 9. The fourth-order valence-corrected chi connectivity index (χ4v) is 7.77. The van der Waals surface area contributed by atoms with E-state index in [1.54, 1.807) is 77.1 Å². The molecule has 1 aliphatic heterocycles. The highest BCUT2D eigenvalue weighted by Crippen LogP contribution is 2.27. The first-order chi connectivity index (χ1) is 34.4. The number of nitrogens with zero attached hydrogens (tertiary/aromatic N) is 1. The molecular weight excluding hydrogens is 957 g/mol. The van der Waals surface area contributed by atoms with E-state index < -0.39 is 151 Å². The van der Waals surface area contributed by atoms with Crippen LogP contribution in [-0.4, -0.2) is 147 Å². The summed E-state index contributed by atoms with van der Waals surface area (Å²) in [5, 5.41) is 44.8. The van der Waals surface area contributed by atoms with Gasteiger partial charge in [0.05, 0.1) is 6.04 Å². The standard InChI is InChI=1S/C49H66N8O16/c1-7-12-33(42(65)48(71)51-24-39(63)64)53-46(69)36-21-29(23-50-43(66)30-13-11-16-32(22-30)73-31-14-9-8-10-15-31)25-57(36)49(72)41(27(4)5)56-47(70)40(26(2)3)55-45(68)35(18-20-38(61)62)54-44(67)34(52-28(6)58)17-19-37(59)60/h8-11,13-16,22,26-27,29,33-36,40-41H,7,12,17-21,23-25H2,1-6H3,(H,50,66)(H,51,71)(H,52,58)(H,53,69)(H,54,67)(H,55,68)(H,56,70)(H,59,60)(H,61,62)(H,63,64)/t29-,33-,34-,35-,36-,40-,41-/m0/s1. The molecule has 73 heavy (non-hydrogen) atoms. The molecule has 1 heterocycles. The predicted octanol–water partition coefficient (Wildman–Crippen LogP) is 0.481. The van der Waals surface area contributed by atoms with Crippen LogP contribution in [-0.2, 0) is 52.7 Å². The van der Waals surface area contributed by atoms with E-state index in [0.29, 0.717) is 17.9 Å². The summed E-state index contributed by atoms with van der Waals surface area (Å²) in [5.41, 5.74) is 0.241. The minimum atomic E-state index is -1.60. The number of benzene rings is 2. The van der Waals surface area contributed by atoms with Crippen molar-refractivity contribution in [3.63, 3.8) is 0 Å². The van der Waals surface area contributed by atoms with Gasteiger partial charge in [-0.2, -0.15) is 0 Å². The van der Waals surface area contributed by atoms with Crippen molar-refractivity contribution in [2.24, 2.45) is 17.8 Å². The first-order valence-corrected chi connectivity index (χ1v) is 23.8. The van der Waals surface area contributed by atoms with Crippen molar-refractivity contribution in [2.45, 2.75) is 123 Å². The fraction of sp³-hybridized carbons (Fsp3) is 0.510. The summed E-state index contributed by atoms with van der Waals surface area (Å²) in [4.78, 5) is 156. The van der Waals surface area contributed by atoms with Crippen LogP contribution < -0.4 is 42.0 Å². The Labute approximate surface area is 421 Å². The molecule has 0 unspecified atom stereocenters. The molecule has 24 nitrogen and oxygen atoms in total. The zero-order valence-corrected chi connectivity index (χ0v) is 41.6. The van der Waals surface area contributed by atoms with Crippen molar-refractivity contribution in [1.29, 1.82) is 0 Å². The van der Waals surface area contributed by atoms with E-state index in [9.17, 15) is 62.6 Å². The number of rotatable bonds is 29. The molecular formula is C49H66N8O16. The van der Waals surface area contributed by atoms with E-state index in [1.807, 2.05) is 11.4 Å². The summed E-state index contributed by atoms with van der Waals surface area (Å²) in [7, 11) is 0. The summed E-state index contributed by atoms with van der Waals surface area (Å²) < 4.78 is 5.87. The number of amides is 8. The Hall–Kier alpha value is -7.92. The van der Waals surface area contributed by atoms with E-state index in [0.717, 1.165) is 6.92 Å². The monoisotopic (exact) mass is 1020 g/mol. The maximum absolute atomic E-state index is 14.7. The van der Waals surface area contributed by atoms with Gasteiger partial charge in [0.1, 0.15) is 48.3 Å². The molecule has 24 heteroatoms. The molecule has 0 spiro atoms. The Bertz CT molecular complexity index is 2340. The topological polar surface area (TPSA) is 362 Å². The summed E-state index contributed by atoms with van der Waals surface area (Å²) >= 11 is 0. The molecule has 1 fully saturated rings. The van der Waals surface area contributed by atoms with E-state index in [2.05, 4.69) is 31.9 Å². The van der Waals surface area contributed by atoms with Crippen molar-refractivity contribution in [1.82, 2.24) is 42.1 Å². The molecule has 0 aliphatic carbocycles. The lowest BCUT2D eigenvalue weighted by atomic mass is 9.98. The van der Waals surface area contributed by atoms with Crippen LogP contribution in [0.2, 0.25) is 0 Å². The number of para-hydroxylation sites is 1. The van der Waals surface area contributed by atoms with Crippen LogP contribution in [0.15, 0.2) is 54.6 Å². The number of nitrogens with one attached hydrogen (secondary N) is 7. The van der Waals surface area contributed by atoms with Gasteiger partial charge in [-0.3, -0.25) is 57.5 Å². The predicted molar refractivity (Wildman–Crippen MR) is 258 cm³/mol. The zero-order chi connectivity index (χ0) is 54.5. The Morgan fingerprint density at radius 1 is 0.644 bits per heavy atom. The quantitative estimate of drug-likeness (QED) is 0.0496. The number of carbonyl (C=O) groups is 12. The maximum atomic E-state index is 14.7. The van der Waals surface area contributed by atoms with Crippen molar-refractivity contribution in [3.05, 3.63) is 60.2 Å². The van der Waals surface area contributed by atoms with Gasteiger partial charge in [0, 0.05) is 38.4 Å². The van der Waals surface area contributed by atoms with Crippen molar-refractivity contribution >= 4 is 70.9 Å². The second kappa shape index (κ2) is 28.8. The highest BCUT2D eigenvalue weighted by Gasteiger charge is 2.44. The highest BCUT2D eigenvalue weighted by atomic mass is 16.5. The Balaban J connectivity index is 1.91. The number of carboxylic acids is 3. The van der Waals surface area contributed by atoms with Crippen LogP contribution in [0, 0.1) is 17.8 Å². The number of hydrogen-bond acceptors (Lipinski definition) is 13. The molecule has 398 valence electrons. The molecule has 2 aromatic rings. The van der Waals surface area contributed by atoms with Crippen LogP contribution in [0.25, 0.3) is 0 Å². The van der Waals surface area contributed by atoms with Crippen LogP contribution in [0.4, 0.5) is 0 Å². The summed E-state index contributed by atoms with van der Waals surface area (Å²) in [6, 6.07) is 6.70. The average molecular weight is 1020 g/mol. The molecule has 0 bridgehead atoms. The zero-order valence-electron chi connectivity index (χ0n) is 41.6.